The third kappa shape index (κ3) is 4.97. The largest absolute Gasteiger partial charge is 0.477 e. The van der Waals surface area contributed by atoms with Crippen molar-refractivity contribution >= 4 is 17.0 Å². The van der Waals surface area contributed by atoms with Crippen molar-refractivity contribution < 1.29 is 33.3 Å². The summed E-state index contributed by atoms with van der Waals surface area (Å²) in [5, 5.41) is 29.3. The van der Waals surface area contributed by atoms with Crippen LogP contribution in [0.4, 0.5) is 13.2 Å². The monoisotopic (exact) mass is 478 g/mol. The number of aryl methyl sites for hydroxylation is 2. The van der Waals surface area contributed by atoms with Crippen LogP contribution in [-0.4, -0.2) is 37.4 Å². The maximum Gasteiger partial charge on any atom is 0.416 e. The molecule has 3 rings (SSSR count). The Balaban J connectivity index is 2.18. The van der Waals surface area contributed by atoms with Gasteiger partial charge >= 0.3 is 12.1 Å². The molecular formula is C24H25F3N2O5. The van der Waals surface area contributed by atoms with Gasteiger partial charge in [0.15, 0.2) is 0 Å². The van der Waals surface area contributed by atoms with E-state index in [4.69, 9.17) is 0 Å². The molecule has 0 aliphatic heterocycles. The molecule has 0 amide bonds. The molecule has 0 radical (unpaired) electrons. The van der Waals surface area contributed by atoms with Gasteiger partial charge < -0.3 is 19.9 Å². The average molecular weight is 478 g/mol. The first-order valence-corrected chi connectivity index (χ1v) is 10.7. The number of fused-ring (bicyclic) bond motifs is 1. The third-order valence-corrected chi connectivity index (χ3v) is 5.85. The molecular weight excluding hydrogens is 453 g/mol. The summed E-state index contributed by atoms with van der Waals surface area (Å²) < 4.78 is 41.5. The predicted octanol–water partition coefficient (Wildman–Crippen LogP) is 3.58. The van der Waals surface area contributed by atoms with Crippen LogP contribution in [0, 0.1) is 5.92 Å². The Morgan fingerprint density at radius 1 is 1.12 bits per heavy atom. The minimum Gasteiger partial charge on any atom is -0.477 e. The number of rotatable bonds is 8. The first-order chi connectivity index (χ1) is 16.0. The maximum atomic E-state index is 13.3. The van der Waals surface area contributed by atoms with Crippen molar-refractivity contribution in [2.75, 3.05) is 6.61 Å². The van der Waals surface area contributed by atoms with Crippen LogP contribution in [0.15, 0.2) is 41.3 Å². The summed E-state index contributed by atoms with van der Waals surface area (Å²) in [7, 11) is 0. The van der Waals surface area contributed by atoms with Crippen molar-refractivity contribution in [2.45, 2.75) is 45.5 Å². The zero-order valence-electron chi connectivity index (χ0n) is 18.6. The number of pyridine rings is 2. The smallest absolute Gasteiger partial charge is 0.416 e. The molecule has 1 atom stereocenters. The molecule has 7 nitrogen and oxygen atoms in total. The van der Waals surface area contributed by atoms with Crippen molar-refractivity contribution in [3.8, 4) is 0 Å². The number of carboxylic acids is 1. The predicted molar refractivity (Wildman–Crippen MR) is 119 cm³/mol. The van der Waals surface area contributed by atoms with Crippen molar-refractivity contribution in [3.63, 3.8) is 0 Å². The number of benzene rings is 1. The number of aromatic nitrogens is 2. The van der Waals surface area contributed by atoms with E-state index in [0.717, 1.165) is 12.3 Å². The topological polar surface area (TPSA) is 113 Å². The molecule has 2 heterocycles. The Morgan fingerprint density at radius 3 is 2.32 bits per heavy atom. The minimum absolute atomic E-state index is 0.0338. The molecule has 34 heavy (non-hydrogen) atoms. The summed E-state index contributed by atoms with van der Waals surface area (Å²) in [6.45, 7) is 2.74. The van der Waals surface area contributed by atoms with Gasteiger partial charge in [-0.1, -0.05) is 32.0 Å². The average Bonchev–Trinajstić information content (AvgIpc) is 2.78. The second kappa shape index (κ2) is 9.94. The molecule has 10 heteroatoms. The lowest BCUT2D eigenvalue weighted by atomic mass is 9.97. The molecule has 0 spiro atoms. The Kier molecular flexibility index (Phi) is 7.42. The lowest BCUT2D eigenvalue weighted by molar-refractivity contribution is -0.138. The number of alkyl halides is 3. The molecule has 0 aliphatic carbocycles. The van der Waals surface area contributed by atoms with Gasteiger partial charge in [0.1, 0.15) is 11.2 Å². The molecule has 0 saturated carbocycles. The van der Waals surface area contributed by atoms with Crippen molar-refractivity contribution in [3.05, 3.63) is 74.7 Å². The molecule has 3 N–H and O–H groups in total. The second-order valence-corrected chi connectivity index (χ2v) is 8.36. The molecule has 0 unspecified atom stereocenters. The van der Waals surface area contributed by atoms with Gasteiger partial charge in [-0.15, -0.1) is 0 Å². The van der Waals surface area contributed by atoms with Gasteiger partial charge in [0.25, 0.3) is 0 Å². The van der Waals surface area contributed by atoms with Gasteiger partial charge in [0, 0.05) is 6.20 Å². The van der Waals surface area contributed by atoms with Crippen LogP contribution in [-0.2, 0) is 25.6 Å². The first kappa shape index (κ1) is 25.4. The molecule has 0 bridgehead atoms. The van der Waals surface area contributed by atoms with Crippen molar-refractivity contribution in [2.24, 2.45) is 5.92 Å². The van der Waals surface area contributed by atoms with Crippen LogP contribution in [0.5, 0.6) is 0 Å². The van der Waals surface area contributed by atoms with Crippen molar-refractivity contribution in [1.29, 1.82) is 0 Å². The van der Waals surface area contributed by atoms with Crippen molar-refractivity contribution in [1.82, 2.24) is 9.55 Å². The van der Waals surface area contributed by atoms with E-state index in [1.165, 1.54) is 28.8 Å². The van der Waals surface area contributed by atoms with Gasteiger partial charge in [0.2, 0.25) is 5.43 Å². The van der Waals surface area contributed by atoms with Crippen LogP contribution in [0.25, 0.3) is 11.0 Å². The van der Waals surface area contributed by atoms with E-state index in [0.29, 0.717) is 5.56 Å². The number of carboxylic acid groups (broad SMARTS) is 1. The number of aliphatic hydroxyl groups excluding tert-OH is 2. The molecule has 3 aromatic rings. The second-order valence-electron chi connectivity index (χ2n) is 8.36. The Hall–Kier alpha value is -3.24. The lowest BCUT2D eigenvalue weighted by Gasteiger charge is -2.24. The van der Waals surface area contributed by atoms with E-state index >= 15 is 0 Å². The maximum absolute atomic E-state index is 13.3. The molecule has 0 fully saturated rings. The number of aliphatic hydroxyl groups is 2. The molecule has 182 valence electrons. The highest BCUT2D eigenvalue weighted by Crippen LogP contribution is 2.32. The summed E-state index contributed by atoms with van der Waals surface area (Å²) in [5.41, 5.74) is -1.45. The number of carbonyl (C=O) groups is 1. The van der Waals surface area contributed by atoms with Gasteiger partial charge in [-0.05, 0) is 42.0 Å². The Labute approximate surface area is 193 Å². The van der Waals surface area contributed by atoms with Crippen LogP contribution >= 0.6 is 0 Å². The number of halogens is 3. The fraction of sp³-hybridized carbons (Fsp3) is 0.375. The van der Waals surface area contributed by atoms with E-state index in [1.54, 1.807) is 0 Å². The summed E-state index contributed by atoms with van der Waals surface area (Å²) in [6, 6.07) is 5.92. The van der Waals surface area contributed by atoms with Crippen LogP contribution in [0.1, 0.15) is 52.6 Å². The van der Waals surface area contributed by atoms with Gasteiger partial charge in [-0.3, -0.25) is 4.79 Å². The zero-order valence-corrected chi connectivity index (χ0v) is 18.6. The Morgan fingerprint density at radius 2 is 1.76 bits per heavy atom. The van der Waals surface area contributed by atoms with Crippen LogP contribution in [0.3, 0.4) is 0 Å². The highest BCUT2D eigenvalue weighted by atomic mass is 19.4. The quantitative estimate of drug-likeness (QED) is 0.456. The van der Waals surface area contributed by atoms with E-state index in [1.807, 2.05) is 13.8 Å². The summed E-state index contributed by atoms with van der Waals surface area (Å²) in [5.74, 6) is -1.59. The fourth-order valence-electron chi connectivity index (χ4n) is 4.01. The number of nitrogens with zero attached hydrogens (tertiary/aromatic N) is 2. The summed E-state index contributed by atoms with van der Waals surface area (Å²) >= 11 is 0. The standard InChI is InChI=1S/C24H25F3N2O5/c1-13(2)20(12-31)29-10-17(23(33)34)21(32)16-9-15(19(11-30)28-22(16)29)8-7-14-5-3-4-6-18(14)24(25,26)27/h3-6,9-10,13,20,30-31H,7-8,11-12H2,1-2H3,(H,33,34)/t20-/m1/s1. The number of hydrogen-bond donors (Lipinski definition) is 3. The number of hydrogen-bond acceptors (Lipinski definition) is 5. The van der Waals surface area contributed by atoms with E-state index in [9.17, 15) is 38.1 Å². The lowest BCUT2D eigenvalue weighted by Crippen LogP contribution is -2.26. The van der Waals surface area contributed by atoms with E-state index in [2.05, 4.69) is 4.98 Å². The molecule has 1 aromatic carbocycles. The first-order valence-electron chi connectivity index (χ1n) is 10.7. The third-order valence-electron chi connectivity index (χ3n) is 5.85. The molecule has 2 aromatic heterocycles. The SMILES string of the molecule is CC(C)[C@@H](CO)n1cc(C(=O)O)c(=O)c2cc(CCc3ccccc3C(F)(F)F)c(CO)nc21. The highest BCUT2D eigenvalue weighted by molar-refractivity contribution is 5.92. The zero-order chi connectivity index (χ0) is 25.2. The highest BCUT2D eigenvalue weighted by Gasteiger charge is 2.32. The van der Waals surface area contributed by atoms with Gasteiger partial charge in [-0.25, -0.2) is 9.78 Å². The van der Waals surface area contributed by atoms with Gasteiger partial charge in [-0.2, -0.15) is 13.2 Å². The van der Waals surface area contributed by atoms with E-state index < -0.39 is 41.4 Å². The number of aromatic carboxylic acids is 1. The molecule has 0 aliphatic rings. The van der Waals surface area contributed by atoms with Crippen LogP contribution in [0.2, 0.25) is 0 Å². The van der Waals surface area contributed by atoms with Gasteiger partial charge in [0.05, 0.1) is 35.9 Å². The van der Waals surface area contributed by atoms with E-state index in [-0.39, 0.29) is 47.7 Å². The normalized spacial score (nSPS) is 12.9. The Bertz CT molecular complexity index is 1270. The van der Waals surface area contributed by atoms with Crippen LogP contribution < -0.4 is 5.43 Å². The summed E-state index contributed by atoms with van der Waals surface area (Å²) in [4.78, 5) is 29.0. The summed E-state index contributed by atoms with van der Waals surface area (Å²) in [6.07, 6.45) is -3.40. The molecule has 0 saturated heterocycles. The minimum atomic E-state index is -4.53. The fourth-order valence-corrected chi connectivity index (χ4v) is 4.01.